The summed E-state index contributed by atoms with van der Waals surface area (Å²) < 4.78 is 5.34. The first-order valence-corrected chi connectivity index (χ1v) is 7.65. The summed E-state index contributed by atoms with van der Waals surface area (Å²) in [5, 5.41) is 15.7. The number of nitrogens with zero attached hydrogens (tertiary/aromatic N) is 1. The van der Waals surface area contributed by atoms with Crippen molar-refractivity contribution in [1.29, 1.82) is 0 Å². The summed E-state index contributed by atoms with van der Waals surface area (Å²) in [4.78, 5) is 23.3. The third-order valence-corrected chi connectivity index (χ3v) is 4.05. The summed E-state index contributed by atoms with van der Waals surface area (Å²) >= 11 is 1.58. The summed E-state index contributed by atoms with van der Waals surface area (Å²) in [6.45, 7) is 2.00. The molecule has 116 valence electrons. The first-order valence-electron chi connectivity index (χ1n) is 6.77. The summed E-state index contributed by atoms with van der Waals surface area (Å²) in [7, 11) is 0. The fourth-order valence-electron chi connectivity index (χ4n) is 1.91. The van der Waals surface area contributed by atoms with E-state index < -0.39 is 4.92 Å². The molecule has 1 aromatic heterocycles. The molecule has 1 atom stereocenters. The maximum absolute atomic E-state index is 11.8. The molecule has 2 rings (SSSR count). The van der Waals surface area contributed by atoms with Gasteiger partial charge in [-0.3, -0.25) is 14.9 Å². The van der Waals surface area contributed by atoms with E-state index in [2.05, 4.69) is 5.32 Å². The molecule has 0 aliphatic carbocycles. The van der Waals surface area contributed by atoms with Gasteiger partial charge in [-0.15, -0.1) is 11.3 Å². The molecule has 0 spiro atoms. The van der Waals surface area contributed by atoms with Crippen LogP contribution in [0.5, 0.6) is 5.75 Å². The summed E-state index contributed by atoms with van der Waals surface area (Å²) in [5.41, 5.74) is -0.102. The number of rotatable bonds is 7. The highest BCUT2D eigenvalue weighted by molar-refractivity contribution is 7.10. The number of hydrogen-bond acceptors (Lipinski definition) is 5. The van der Waals surface area contributed by atoms with Crippen LogP contribution in [0.25, 0.3) is 0 Å². The molecule has 0 saturated carbocycles. The van der Waals surface area contributed by atoms with Gasteiger partial charge < -0.3 is 10.1 Å². The lowest BCUT2D eigenvalue weighted by molar-refractivity contribution is -0.385. The number of hydrogen-bond donors (Lipinski definition) is 1. The van der Waals surface area contributed by atoms with Crippen LogP contribution in [0.1, 0.15) is 24.3 Å². The number of nitro benzene ring substituents is 1. The van der Waals surface area contributed by atoms with Crippen LogP contribution in [0.15, 0.2) is 41.8 Å². The Bertz CT molecular complexity index is 643. The fourth-order valence-corrected chi connectivity index (χ4v) is 2.64. The third kappa shape index (κ3) is 4.29. The lowest BCUT2D eigenvalue weighted by Gasteiger charge is -2.12. The number of ether oxygens (including phenoxy) is 1. The van der Waals surface area contributed by atoms with Gasteiger partial charge in [0.25, 0.3) is 0 Å². The van der Waals surface area contributed by atoms with E-state index in [0.717, 1.165) is 4.88 Å². The van der Waals surface area contributed by atoms with Gasteiger partial charge in [0.05, 0.1) is 24.0 Å². The van der Waals surface area contributed by atoms with Crippen molar-refractivity contribution >= 4 is 22.9 Å². The van der Waals surface area contributed by atoms with E-state index in [1.807, 2.05) is 24.4 Å². The van der Waals surface area contributed by atoms with Crippen molar-refractivity contribution in [1.82, 2.24) is 5.32 Å². The predicted molar refractivity (Wildman–Crippen MR) is 84.1 cm³/mol. The molecule has 0 bridgehead atoms. The highest BCUT2D eigenvalue weighted by atomic mass is 32.1. The average molecular weight is 320 g/mol. The highest BCUT2D eigenvalue weighted by Crippen LogP contribution is 2.25. The summed E-state index contributed by atoms with van der Waals surface area (Å²) in [6, 6.07) is 9.94. The zero-order valence-electron chi connectivity index (χ0n) is 12.0. The minimum atomic E-state index is -0.506. The Kier molecular flexibility index (Phi) is 5.48. The SMILES string of the molecule is CC(NC(=O)CCOc1ccccc1[N+](=O)[O-])c1cccs1. The van der Waals surface area contributed by atoms with E-state index in [-0.39, 0.29) is 36.4 Å². The van der Waals surface area contributed by atoms with Gasteiger partial charge in [0.2, 0.25) is 5.91 Å². The second kappa shape index (κ2) is 7.56. The standard InChI is InChI=1S/C15H16N2O4S/c1-11(14-7-4-10-22-14)16-15(18)8-9-21-13-6-3-2-5-12(13)17(19)20/h2-7,10-11H,8-9H2,1H3,(H,16,18). The van der Waals surface area contributed by atoms with E-state index in [0.29, 0.717) is 0 Å². The molecule has 1 heterocycles. The van der Waals surface area contributed by atoms with Gasteiger partial charge in [0.15, 0.2) is 5.75 Å². The van der Waals surface area contributed by atoms with E-state index in [4.69, 9.17) is 4.74 Å². The van der Waals surface area contributed by atoms with Gasteiger partial charge in [-0.25, -0.2) is 0 Å². The molecule has 2 aromatic rings. The molecule has 1 amide bonds. The van der Waals surface area contributed by atoms with Crippen LogP contribution in [0, 0.1) is 10.1 Å². The van der Waals surface area contributed by atoms with Gasteiger partial charge in [-0.1, -0.05) is 18.2 Å². The lowest BCUT2D eigenvalue weighted by Crippen LogP contribution is -2.27. The van der Waals surface area contributed by atoms with Crippen LogP contribution in [0.3, 0.4) is 0 Å². The van der Waals surface area contributed by atoms with Crippen molar-refractivity contribution in [3.05, 3.63) is 56.8 Å². The van der Waals surface area contributed by atoms with E-state index in [1.165, 1.54) is 12.1 Å². The van der Waals surface area contributed by atoms with Crippen molar-refractivity contribution < 1.29 is 14.5 Å². The molecule has 6 nitrogen and oxygen atoms in total. The van der Waals surface area contributed by atoms with Crippen LogP contribution < -0.4 is 10.1 Å². The van der Waals surface area contributed by atoms with Crippen molar-refractivity contribution in [2.75, 3.05) is 6.61 Å². The second-order valence-corrected chi connectivity index (χ2v) is 5.61. The smallest absolute Gasteiger partial charge is 0.310 e. The van der Waals surface area contributed by atoms with E-state index >= 15 is 0 Å². The Morgan fingerprint density at radius 1 is 1.36 bits per heavy atom. The molecule has 1 aromatic carbocycles. The molecule has 1 unspecified atom stereocenters. The van der Waals surface area contributed by atoms with Crippen LogP contribution in [0.2, 0.25) is 0 Å². The predicted octanol–water partition coefficient (Wildman–Crippen LogP) is 3.30. The average Bonchev–Trinajstić information content (AvgIpc) is 3.02. The second-order valence-electron chi connectivity index (χ2n) is 4.63. The first kappa shape index (κ1) is 16.0. The van der Waals surface area contributed by atoms with Crippen molar-refractivity contribution in [3.8, 4) is 5.75 Å². The molecule has 0 fully saturated rings. The molecular formula is C15H16N2O4S. The van der Waals surface area contributed by atoms with Crippen molar-refractivity contribution in [2.24, 2.45) is 0 Å². The quantitative estimate of drug-likeness (QED) is 0.627. The van der Waals surface area contributed by atoms with E-state index in [9.17, 15) is 14.9 Å². The minimum Gasteiger partial charge on any atom is -0.486 e. The molecular weight excluding hydrogens is 304 g/mol. The summed E-state index contributed by atoms with van der Waals surface area (Å²) in [6.07, 6.45) is 0.141. The third-order valence-electron chi connectivity index (χ3n) is 3.00. The molecule has 0 saturated heterocycles. The molecule has 0 aliphatic heterocycles. The normalized spacial score (nSPS) is 11.7. The largest absolute Gasteiger partial charge is 0.486 e. The van der Waals surface area contributed by atoms with E-state index in [1.54, 1.807) is 23.5 Å². The van der Waals surface area contributed by atoms with Gasteiger partial charge >= 0.3 is 5.69 Å². The zero-order valence-corrected chi connectivity index (χ0v) is 12.8. The summed E-state index contributed by atoms with van der Waals surface area (Å²) in [5.74, 6) is 0.0195. The maximum atomic E-state index is 11.8. The molecule has 1 N–H and O–H groups in total. The molecule has 7 heteroatoms. The van der Waals surface area contributed by atoms with Crippen molar-refractivity contribution in [2.45, 2.75) is 19.4 Å². The number of thiophene rings is 1. The first-order chi connectivity index (χ1) is 10.6. The van der Waals surface area contributed by atoms with Crippen LogP contribution in [0.4, 0.5) is 5.69 Å². The molecule has 0 aliphatic rings. The monoisotopic (exact) mass is 320 g/mol. The number of nitro groups is 1. The number of para-hydroxylation sites is 2. The van der Waals surface area contributed by atoms with Crippen LogP contribution >= 0.6 is 11.3 Å². The Morgan fingerprint density at radius 3 is 2.82 bits per heavy atom. The molecule has 0 radical (unpaired) electrons. The number of benzene rings is 1. The van der Waals surface area contributed by atoms with Gasteiger partial charge in [-0.2, -0.15) is 0 Å². The van der Waals surface area contributed by atoms with Gasteiger partial charge in [0, 0.05) is 10.9 Å². The maximum Gasteiger partial charge on any atom is 0.310 e. The lowest BCUT2D eigenvalue weighted by atomic mass is 10.2. The van der Waals surface area contributed by atoms with Crippen molar-refractivity contribution in [3.63, 3.8) is 0 Å². The number of nitrogens with one attached hydrogen (secondary N) is 1. The number of carbonyl (C=O) groups excluding carboxylic acids is 1. The Balaban J connectivity index is 1.81. The number of amides is 1. The molecule has 22 heavy (non-hydrogen) atoms. The highest BCUT2D eigenvalue weighted by Gasteiger charge is 2.15. The van der Waals surface area contributed by atoms with Crippen LogP contribution in [-0.4, -0.2) is 17.4 Å². The fraction of sp³-hybridized carbons (Fsp3) is 0.267. The van der Waals surface area contributed by atoms with Crippen LogP contribution in [-0.2, 0) is 4.79 Å². The zero-order chi connectivity index (χ0) is 15.9. The number of carbonyl (C=O) groups is 1. The Hall–Kier alpha value is -2.41. The van der Waals surface area contributed by atoms with Gasteiger partial charge in [-0.05, 0) is 24.4 Å². The minimum absolute atomic E-state index is 0.0569. The van der Waals surface area contributed by atoms with Gasteiger partial charge in [0.1, 0.15) is 0 Å². The Morgan fingerprint density at radius 2 is 2.14 bits per heavy atom. The Labute approximate surface area is 131 Å². The topological polar surface area (TPSA) is 81.5 Å².